The molecule has 9 heteroatoms. The minimum absolute atomic E-state index is 0.00178. The molecule has 0 saturated carbocycles. The third-order valence-corrected chi connectivity index (χ3v) is 5.61. The molecular weight excluding hydrogens is 411 g/mol. The highest BCUT2D eigenvalue weighted by molar-refractivity contribution is 6.44. The lowest BCUT2D eigenvalue weighted by Gasteiger charge is -2.37. The first-order valence-electron chi connectivity index (χ1n) is 9.58. The van der Waals surface area contributed by atoms with Crippen LogP contribution in [0.1, 0.15) is 50.6 Å². The maximum atomic E-state index is 9.81. The summed E-state index contributed by atoms with van der Waals surface area (Å²) < 4.78 is 0. The molecule has 6 N–H and O–H groups in total. The zero-order valence-electron chi connectivity index (χ0n) is 17.0. The molecule has 29 heavy (non-hydrogen) atoms. The predicted molar refractivity (Wildman–Crippen MR) is 120 cm³/mol. The minimum atomic E-state index is -0.317. The molecule has 0 amide bonds. The molecular formula is C20H28Cl2N6O. The SMILES string of the molecule is CC.CC1(N)CCN(c2nc(N)c(C(=N)c3cccc(Cl)c3Cl)nc2CO)CC1. The van der Waals surface area contributed by atoms with Crippen LogP contribution in [0.15, 0.2) is 18.2 Å². The van der Waals surface area contributed by atoms with Crippen LogP contribution in [-0.2, 0) is 6.61 Å². The fourth-order valence-electron chi connectivity index (χ4n) is 3.07. The Balaban J connectivity index is 0.00000145. The van der Waals surface area contributed by atoms with Gasteiger partial charge in [-0.25, -0.2) is 9.97 Å². The lowest BCUT2D eigenvalue weighted by Crippen LogP contribution is -2.48. The average molecular weight is 439 g/mol. The van der Waals surface area contributed by atoms with Crippen LogP contribution in [0, 0.1) is 5.41 Å². The number of aromatic nitrogens is 2. The fraction of sp³-hybridized carbons (Fsp3) is 0.450. The standard InChI is InChI=1S/C18H22Cl2N6O.C2H6/c1-18(23)5-7-26(8-6-18)17-12(9-27)24-15(16(22)25-17)14(21)10-3-2-4-11(19)13(10)20;1-2/h2-4,21,27H,5-9,23H2,1H3,(H2,22,25);1-2H3. The van der Waals surface area contributed by atoms with Gasteiger partial charge in [0.2, 0.25) is 0 Å². The Labute approximate surface area is 181 Å². The molecule has 0 atom stereocenters. The van der Waals surface area contributed by atoms with E-state index in [4.69, 9.17) is 40.1 Å². The molecule has 1 aliphatic heterocycles. The maximum absolute atomic E-state index is 9.81. The third kappa shape index (κ3) is 5.17. The quantitative estimate of drug-likeness (QED) is 0.540. The zero-order chi connectivity index (χ0) is 21.8. The van der Waals surface area contributed by atoms with E-state index in [1.54, 1.807) is 18.2 Å². The summed E-state index contributed by atoms with van der Waals surface area (Å²) in [5.74, 6) is 0.628. The molecule has 0 unspecified atom stereocenters. The molecule has 1 aromatic carbocycles. The van der Waals surface area contributed by atoms with Crippen molar-refractivity contribution in [1.29, 1.82) is 5.41 Å². The predicted octanol–water partition coefficient (Wildman–Crippen LogP) is 3.62. The Bertz CT molecular complexity index is 878. The van der Waals surface area contributed by atoms with Gasteiger partial charge in [0.25, 0.3) is 0 Å². The zero-order valence-corrected chi connectivity index (χ0v) is 18.5. The Kier molecular flexibility index (Phi) is 7.82. The molecule has 3 rings (SSSR count). The van der Waals surface area contributed by atoms with E-state index in [1.807, 2.05) is 25.7 Å². The van der Waals surface area contributed by atoms with Crippen molar-refractivity contribution in [3.8, 4) is 0 Å². The number of hydrogen-bond donors (Lipinski definition) is 4. The number of benzene rings is 1. The second-order valence-electron chi connectivity index (χ2n) is 7.00. The molecule has 1 saturated heterocycles. The number of aliphatic hydroxyl groups is 1. The topological polar surface area (TPSA) is 125 Å². The number of nitrogens with zero attached hydrogens (tertiary/aromatic N) is 3. The smallest absolute Gasteiger partial charge is 0.155 e. The lowest BCUT2D eigenvalue weighted by atomic mass is 9.91. The number of anilines is 2. The molecule has 2 heterocycles. The Morgan fingerprint density at radius 2 is 1.86 bits per heavy atom. The van der Waals surface area contributed by atoms with E-state index >= 15 is 0 Å². The maximum Gasteiger partial charge on any atom is 0.155 e. The number of halogens is 2. The van der Waals surface area contributed by atoms with E-state index in [0.717, 1.165) is 12.8 Å². The van der Waals surface area contributed by atoms with E-state index < -0.39 is 0 Å². The molecule has 1 fully saturated rings. The first-order chi connectivity index (χ1) is 13.7. The molecule has 1 aromatic heterocycles. The van der Waals surface area contributed by atoms with Crippen molar-refractivity contribution < 1.29 is 5.11 Å². The Morgan fingerprint density at radius 1 is 1.24 bits per heavy atom. The van der Waals surface area contributed by atoms with Crippen molar-refractivity contribution in [3.63, 3.8) is 0 Å². The third-order valence-electron chi connectivity index (χ3n) is 4.79. The average Bonchev–Trinajstić information content (AvgIpc) is 2.71. The highest BCUT2D eigenvalue weighted by atomic mass is 35.5. The van der Waals surface area contributed by atoms with Gasteiger partial charge in [0.1, 0.15) is 11.4 Å². The van der Waals surface area contributed by atoms with E-state index in [0.29, 0.717) is 35.2 Å². The van der Waals surface area contributed by atoms with Gasteiger partial charge in [0.05, 0.1) is 22.4 Å². The van der Waals surface area contributed by atoms with Crippen molar-refractivity contribution in [3.05, 3.63) is 45.2 Å². The Morgan fingerprint density at radius 3 is 2.45 bits per heavy atom. The molecule has 1 aliphatic rings. The number of nitrogen functional groups attached to an aromatic ring is 1. The number of aliphatic hydroxyl groups excluding tert-OH is 1. The summed E-state index contributed by atoms with van der Waals surface area (Å²) >= 11 is 12.3. The number of nitrogens with one attached hydrogen (secondary N) is 1. The summed E-state index contributed by atoms with van der Waals surface area (Å²) in [5, 5.41) is 18.8. The summed E-state index contributed by atoms with van der Waals surface area (Å²) in [6.45, 7) is 7.11. The first-order valence-corrected chi connectivity index (χ1v) is 10.3. The summed E-state index contributed by atoms with van der Waals surface area (Å²) in [6.07, 6.45) is 1.60. The molecule has 7 nitrogen and oxygen atoms in total. The monoisotopic (exact) mass is 438 g/mol. The first kappa shape index (κ1) is 23.3. The lowest BCUT2D eigenvalue weighted by molar-refractivity contribution is 0.275. The second kappa shape index (κ2) is 9.71. The van der Waals surface area contributed by atoms with Crippen molar-refractivity contribution in [2.75, 3.05) is 23.7 Å². The van der Waals surface area contributed by atoms with E-state index in [9.17, 15) is 5.11 Å². The minimum Gasteiger partial charge on any atom is -0.390 e. The number of nitrogens with two attached hydrogens (primary N) is 2. The summed E-state index contributed by atoms with van der Waals surface area (Å²) in [7, 11) is 0. The van der Waals surface area contributed by atoms with Crippen molar-refractivity contribution in [2.45, 2.75) is 45.8 Å². The van der Waals surface area contributed by atoms with Crippen LogP contribution in [0.4, 0.5) is 11.6 Å². The number of rotatable bonds is 4. The van der Waals surface area contributed by atoms with Gasteiger partial charge in [-0.1, -0.05) is 49.2 Å². The van der Waals surface area contributed by atoms with Crippen LogP contribution in [-0.4, -0.2) is 39.4 Å². The van der Waals surface area contributed by atoms with Crippen LogP contribution in [0.5, 0.6) is 0 Å². The largest absolute Gasteiger partial charge is 0.390 e. The molecule has 0 aliphatic carbocycles. The van der Waals surface area contributed by atoms with Gasteiger partial charge < -0.3 is 21.5 Å². The van der Waals surface area contributed by atoms with E-state index in [-0.39, 0.29) is 34.4 Å². The van der Waals surface area contributed by atoms with Gasteiger partial charge in [-0.05, 0) is 25.8 Å². The molecule has 0 spiro atoms. The molecule has 158 valence electrons. The van der Waals surface area contributed by atoms with Crippen molar-refractivity contribution in [2.24, 2.45) is 5.73 Å². The summed E-state index contributed by atoms with van der Waals surface area (Å²) in [5.41, 5.74) is 13.0. The van der Waals surface area contributed by atoms with Gasteiger partial charge in [-0.2, -0.15) is 0 Å². The van der Waals surface area contributed by atoms with Crippen LogP contribution < -0.4 is 16.4 Å². The summed E-state index contributed by atoms with van der Waals surface area (Å²) in [4.78, 5) is 10.9. The van der Waals surface area contributed by atoms with Crippen molar-refractivity contribution in [1.82, 2.24) is 9.97 Å². The molecule has 2 aromatic rings. The molecule has 0 radical (unpaired) electrons. The van der Waals surface area contributed by atoms with Crippen LogP contribution in [0.25, 0.3) is 0 Å². The number of piperidine rings is 1. The Hall–Kier alpha value is -1.93. The fourth-order valence-corrected chi connectivity index (χ4v) is 3.47. The van der Waals surface area contributed by atoms with Gasteiger partial charge in [0.15, 0.2) is 11.6 Å². The normalized spacial score (nSPS) is 15.5. The van der Waals surface area contributed by atoms with Crippen molar-refractivity contribution >= 4 is 40.5 Å². The van der Waals surface area contributed by atoms with E-state index in [1.165, 1.54) is 0 Å². The van der Waals surface area contributed by atoms with Gasteiger partial charge >= 0.3 is 0 Å². The van der Waals surface area contributed by atoms with Crippen LogP contribution >= 0.6 is 23.2 Å². The second-order valence-corrected chi connectivity index (χ2v) is 7.79. The summed E-state index contributed by atoms with van der Waals surface area (Å²) in [6, 6.07) is 5.00. The van der Waals surface area contributed by atoms with Crippen LogP contribution in [0.3, 0.4) is 0 Å². The van der Waals surface area contributed by atoms with Gasteiger partial charge in [-0.15, -0.1) is 0 Å². The van der Waals surface area contributed by atoms with E-state index in [2.05, 4.69) is 9.97 Å². The molecule has 0 bridgehead atoms. The number of hydrogen-bond acceptors (Lipinski definition) is 7. The highest BCUT2D eigenvalue weighted by Crippen LogP contribution is 2.30. The van der Waals surface area contributed by atoms with Crippen LogP contribution in [0.2, 0.25) is 10.0 Å². The van der Waals surface area contributed by atoms with Gasteiger partial charge in [0, 0.05) is 24.2 Å². The highest BCUT2D eigenvalue weighted by Gasteiger charge is 2.29. The van der Waals surface area contributed by atoms with Gasteiger partial charge in [-0.3, -0.25) is 5.41 Å².